The Morgan fingerprint density at radius 2 is 2.00 bits per heavy atom. The second-order valence-corrected chi connectivity index (χ2v) is 8.87. The Balaban J connectivity index is 2.04. The molecule has 1 aromatic heterocycles. The first-order valence-electron chi connectivity index (χ1n) is 8.13. The Bertz CT molecular complexity index is 510. The third kappa shape index (κ3) is 5.91. The second kappa shape index (κ2) is 8.28. The molecule has 0 saturated carbocycles. The summed E-state index contributed by atoms with van der Waals surface area (Å²) < 4.78 is 20.8. The minimum atomic E-state index is -1.14. The van der Waals surface area contributed by atoms with Crippen LogP contribution in [0.15, 0.2) is 12.4 Å². The van der Waals surface area contributed by atoms with E-state index < -0.39 is 11.0 Å². The molecule has 2 rings (SSSR count). The quantitative estimate of drug-likeness (QED) is 0.852. The topological polar surface area (TPSA) is 67.3 Å². The highest BCUT2D eigenvalue weighted by molar-refractivity contribution is 7.84. The average molecular weight is 340 g/mol. The van der Waals surface area contributed by atoms with Gasteiger partial charge in [0.25, 0.3) is 0 Å². The monoisotopic (exact) mass is 340 g/mol. The van der Waals surface area contributed by atoms with Crippen molar-refractivity contribution < 1.29 is 8.95 Å². The molecule has 1 N–H and O–H groups in total. The maximum absolute atomic E-state index is 12.5. The third-order valence-corrected chi connectivity index (χ3v) is 5.41. The van der Waals surface area contributed by atoms with Crippen molar-refractivity contribution in [2.24, 2.45) is 0 Å². The summed E-state index contributed by atoms with van der Waals surface area (Å²) >= 11 is 0. The zero-order valence-corrected chi connectivity index (χ0v) is 15.4. The molecule has 0 bridgehead atoms. The molecule has 6 nitrogen and oxygen atoms in total. The predicted molar refractivity (Wildman–Crippen MR) is 92.4 cm³/mol. The first-order valence-corrected chi connectivity index (χ1v) is 9.28. The molecule has 1 aliphatic heterocycles. The zero-order valence-electron chi connectivity index (χ0n) is 14.5. The van der Waals surface area contributed by atoms with Gasteiger partial charge in [0.05, 0.1) is 52.6 Å². The van der Waals surface area contributed by atoms with Crippen molar-refractivity contribution in [2.75, 3.05) is 32.8 Å². The molecule has 0 spiro atoms. The lowest BCUT2D eigenvalue weighted by Gasteiger charge is -2.29. The molecule has 1 unspecified atom stereocenters. The Kier molecular flexibility index (Phi) is 6.64. The van der Waals surface area contributed by atoms with Crippen LogP contribution in [0.5, 0.6) is 0 Å². The van der Waals surface area contributed by atoms with Gasteiger partial charge >= 0.3 is 0 Å². The molecule has 0 aromatic carbocycles. The van der Waals surface area contributed by atoms with E-state index in [-0.39, 0.29) is 10.8 Å². The van der Waals surface area contributed by atoms with Crippen LogP contribution in [0, 0.1) is 6.92 Å². The van der Waals surface area contributed by atoms with Crippen molar-refractivity contribution in [1.82, 2.24) is 19.6 Å². The largest absolute Gasteiger partial charge is 0.379 e. The highest BCUT2D eigenvalue weighted by Crippen LogP contribution is 2.19. The van der Waals surface area contributed by atoms with Gasteiger partial charge in [-0.1, -0.05) is 0 Å². The maximum Gasteiger partial charge on any atom is 0.0976 e. The van der Waals surface area contributed by atoms with Crippen LogP contribution in [-0.2, 0) is 15.7 Å². The van der Waals surface area contributed by atoms with Crippen LogP contribution in [-0.4, -0.2) is 56.7 Å². The first kappa shape index (κ1) is 18.4. The molecule has 1 saturated heterocycles. The predicted octanol–water partition coefficient (Wildman–Crippen LogP) is 1.60. The highest BCUT2D eigenvalue weighted by atomic mass is 32.2. The molecule has 0 amide bonds. The smallest absolute Gasteiger partial charge is 0.0976 e. The number of aromatic nitrogens is 2. The van der Waals surface area contributed by atoms with E-state index in [2.05, 4.69) is 19.6 Å². The maximum atomic E-state index is 12.5. The van der Waals surface area contributed by atoms with Gasteiger partial charge in [0.1, 0.15) is 0 Å². The van der Waals surface area contributed by atoms with Crippen molar-refractivity contribution in [3.05, 3.63) is 23.8 Å². The second-order valence-electron chi connectivity index (χ2n) is 6.88. The van der Waals surface area contributed by atoms with Gasteiger partial charge in [-0.3, -0.25) is 14.9 Å². The highest BCUT2D eigenvalue weighted by Gasteiger charge is 2.25. The van der Waals surface area contributed by atoms with E-state index in [0.29, 0.717) is 0 Å². The summed E-state index contributed by atoms with van der Waals surface area (Å²) in [6, 6.07) is -0.0639. The fourth-order valence-electron chi connectivity index (χ4n) is 2.29. The summed E-state index contributed by atoms with van der Waals surface area (Å²) in [4.78, 5) is 11.2. The summed E-state index contributed by atoms with van der Waals surface area (Å²) in [5.41, 5.74) is 1.74. The summed E-state index contributed by atoms with van der Waals surface area (Å²) in [6.07, 6.45) is 4.39. The molecule has 2 heterocycles. The van der Waals surface area contributed by atoms with Gasteiger partial charge in [-0.15, -0.1) is 0 Å². The number of nitrogens with one attached hydrogen (secondary N) is 1. The minimum Gasteiger partial charge on any atom is -0.379 e. The van der Waals surface area contributed by atoms with Crippen LogP contribution in [0.2, 0.25) is 0 Å². The van der Waals surface area contributed by atoms with Crippen molar-refractivity contribution in [2.45, 2.75) is 44.9 Å². The summed E-state index contributed by atoms with van der Waals surface area (Å²) in [5, 5.41) is 0. The van der Waals surface area contributed by atoms with E-state index in [1.807, 2.05) is 27.7 Å². The van der Waals surface area contributed by atoms with Gasteiger partial charge < -0.3 is 4.74 Å². The molecule has 130 valence electrons. The fraction of sp³-hybridized carbons (Fsp3) is 0.750. The minimum absolute atomic E-state index is 0.0639. The summed E-state index contributed by atoms with van der Waals surface area (Å²) in [7, 11) is -1.14. The lowest BCUT2D eigenvalue weighted by molar-refractivity contribution is 0.0364. The van der Waals surface area contributed by atoms with Gasteiger partial charge in [-0.05, 0) is 34.1 Å². The van der Waals surface area contributed by atoms with Gasteiger partial charge in [-0.25, -0.2) is 8.93 Å². The molecule has 2 atom stereocenters. The van der Waals surface area contributed by atoms with Crippen LogP contribution in [0.25, 0.3) is 0 Å². The first-order chi connectivity index (χ1) is 10.9. The molecule has 1 aliphatic rings. The number of nitrogens with zero attached hydrogens (tertiary/aromatic N) is 3. The number of hydrogen-bond donors (Lipinski definition) is 1. The Morgan fingerprint density at radius 3 is 2.57 bits per heavy atom. The Labute approximate surface area is 141 Å². The SMILES string of the molecule is Cc1cnc(C(CCN2CCOCC2)N[S@](=O)C(C)(C)C)cn1. The van der Waals surface area contributed by atoms with E-state index in [4.69, 9.17) is 4.74 Å². The van der Waals surface area contributed by atoms with Gasteiger partial charge in [-0.2, -0.15) is 0 Å². The Morgan fingerprint density at radius 1 is 1.30 bits per heavy atom. The van der Waals surface area contributed by atoms with E-state index in [0.717, 1.165) is 50.7 Å². The summed E-state index contributed by atoms with van der Waals surface area (Å²) in [5.74, 6) is 0. The number of ether oxygens (including phenoxy) is 1. The van der Waals surface area contributed by atoms with Gasteiger partial charge in [0, 0.05) is 25.8 Å². The molecule has 0 radical (unpaired) electrons. The van der Waals surface area contributed by atoms with E-state index >= 15 is 0 Å². The third-order valence-electron chi connectivity index (χ3n) is 3.80. The standard InChI is InChI=1S/C16H28N4O2S/c1-13-11-18-15(12-17-13)14(19-23(21)16(2,3)4)5-6-20-7-9-22-10-8-20/h11-12,14,19H,5-10H2,1-4H3/t14?,23-/m1/s1. The van der Waals surface area contributed by atoms with E-state index in [1.54, 1.807) is 12.4 Å². The molecule has 1 aromatic rings. The van der Waals surface area contributed by atoms with E-state index in [9.17, 15) is 4.21 Å². The number of rotatable bonds is 6. The van der Waals surface area contributed by atoms with Crippen LogP contribution in [0.4, 0.5) is 0 Å². The van der Waals surface area contributed by atoms with Crippen LogP contribution < -0.4 is 4.72 Å². The number of aryl methyl sites for hydroxylation is 1. The average Bonchev–Trinajstić information content (AvgIpc) is 2.52. The zero-order chi connectivity index (χ0) is 16.9. The van der Waals surface area contributed by atoms with Crippen molar-refractivity contribution in [3.8, 4) is 0 Å². The number of hydrogen-bond acceptors (Lipinski definition) is 5. The van der Waals surface area contributed by atoms with Crippen LogP contribution in [0.3, 0.4) is 0 Å². The molecule has 1 fully saturated rings. The van der Waals surface area contributed by atoms with Crippen molar-refractivity contribution in [1.29, 1.82) is 0 Å². The molecule has 23 heavy (non-hydrogen) atoms. The van der Waals surface area contributed by atoms with Gasteiger partial charge in [0.2, 0.25) is 0 Å². The van der Waals surface area contributed by atoms with Crippen molar-refractivity contribution >= 4 is 11.0 Å². The lowest BCUT2D eigenvalue weighted by Crippen LogP contribution is -2.40. The number of morpholine rings is 1. The molecular weight excluding hydrogens is 312 g/mol. The van der Waals surface area contributed by atoms with Crippen LogP contribution >= 0.6 is 0 Å². The summed E-state index contributed by atoms with van der Waals surface area (Å²) in [6.45, 7) is 12.2. The lowest BCUT2D eigenvalue weighted by atomic mass is 10.1. The molecular formula is C16H28N4O2S. The molecule has 7 heteroatoms. The van der Waals surface area contributed by atoms with E-state index in [1.165, 1.54) is 0 Å². The fourth-order valence-corrected chi connectivity index (χ4v) is 3.14. The van der Waals surface area contributed by atoms with Crippen molar-refractivity contribution in [3.63, 3.8) is 0 Å². The molecule has 0 aliphatic carbocycles. The van der Waals surface area contributed by atoms with Gasteiger partial charge in [0.15, 0.2) is 0 Å². The van der Waals surface area contributed by atoms with Crippen LogP contribution in [0.1, 0.15) is 44.6 Å². The Hall–Kier alpha value is -0.890. The normalized spacial score (nSPS) is 19.5.